The molecule has 0 bridgehead atoms. The maximum Gasteiger partial charge on any atom is 0.169 e. The molecule has 0 fully saturated rings. The fourth-order valence-corrected chi connectivity index (χ4v) is 2.96. The summed E-state index contributed by atoms with van der Waals surface area (Å²) in [5.74, 6) is 0.942. The summed E-state index contributed by atoms with van der Waals surface area (Å²) in [5.41, 5.74) is 0. The average molecular weight is 351 g/mol. The van der Waals surface area contributed by atoms with Gasteiger partial charge in [-0.2, -0.15) is 0 Å². The van der Waals surface area contributed by atoms with Crippen molar-refractivity contribution >= 4 is 43.2 Å². The minimum atomic E-state index is 0.751. The molecule has 2 nitrogen and oxygen atoms in total. The van der Waals surface area contributed by atoms with E-state index in [4.69, 9.17) is 4.42 Å². The molecule has 0 aliphatic carbocycles. The molecule has 0 aliphatic rings. The molecule has 0 atom stereocenters. The second-order valence-corrected chi connectivity index (χ2v) is 5.73. The molecule has 2 rings (SSSR count). The number of hydrogen-bond donors (Lipinski definition) is 1. The lowest BCUT2D eigenvalue weighted by molar-refractivity contribution is 0.466. The smallest absolute Gasteiger partial charge is 0.169 e. The molecule has 0 saturated carbocycles. The van der Waals surface area contributed by atoms with Crippen molar-refractivity contribution in [3.05, 3.63) is 43.4 Å². The van der Waals surface area contributed by atoms with Gasteiger partial charge in [0, 0.05) is 21.3 Å². The van der Waals surface area contributed by atoms with Crippen molar-refractivity contribution in [3.63, 3.8) is 0 Å². The van der Waals surface area contributed by atoms with Crippen LogP contribution in [0.5, 0.6) is 0 Å². The first-order chi connectivity index (χ1) is 7.24. The fraction of sp³-hybridized carbons (Fsp3) is 0.200. The zero-order chi connectivity index (χ0) is 10.7. The van der Waals surface area contributed by atoms with Gasteiger partial charge in [0.05, 0.1) is 6.54 Å². The summed E-state index contributed by atoms with van der Waals surface area (Å²) in [5, 5.41) is 5.40. The molecule has 80 valence electrons. The molecule has 5 heteroatoms. The molecule has 0 unspecified atom stereocenters. The second kappa shape index (κ2) is 5.30. The van der Waals surface area contributed by atoms with Crippen LogP contribution in [-0.4, -0.2) is 0 Å². The lowest BCUT2D eigenvalue weighted by Crippen LogP contribution is -2.10. The van der Waals surface area contributed by atoms with Gasteiger partial charge in [-0.15, -0.1) is 11.3 Å². The average Bonchev–Trinajstić information content (AvgIpc) is 2.76. The van der Waals surface area contributed by atoms with Gasteiger partial charge in [0.25, 0.3) is 0 Å². The van der Waals surface area contributed by atoms with Crippen molar-refractivity contribution in [2.45, 2.75) is 13.1 Å². The highest BCUT2D eigenvalue weighted by atomic mass is 79.9. The SMILES string of the molecule is Brc1csc(CNCc2ccc(Br)o2)c1. The van der Waals surface area contributed by atoms with Crippen molar-refractivity contribution < 1.29 is 4.42 Å². The standard InChI is InChI=1S/C10H9Br2NOS/c11-7-3-9(15-6-7)5-13-4-8-1-2-10(12)14-8/h1-3,6,13H,4-5H2. The van der Waals surface area contributed by atoms with E-state index in [9.17, 15) is 0 Å². The Kier molecular flexibility index (Phi) is 4.02. The number of nitrogens with one attached hydrogen (secondary N) is 1. The lowest BCUT2D eigenvalue weighted by Gasteiger charge is -1.99. The van der Waals surface area contributed by atoms with E-state index in [1.54, 1.807) is 11.3 Å². The number of rotatable bonds is 4. The van der Waals surface area contributed by atoms with Gasteiger partial charge in [-0.05, 0) is 50.1 Å². The first kappa shape index (κ1) is 11.4. The van der Waals surface area contributed by atoms with Gasteiger partial charge in [-0.1, -0.05) is 0 Å². The molecule has 2 aromatic heterocycles. The predicted octanol–water partition coefficient (Wildman–Crippen LogP) is 4.16. The van der Waals surface area contributed by atoms with Crippen LogP contribution in [0.2, 0.25) is 0 Å². The molecular formula is C10H9Br2NOS. The molecular weight excluding hydrogens is 342 g/mol. The van der Waals surface area contributed by atoms with E-state index in [2.05, 4.69) is 48.6 Å². The highest BCUT2D eigenvalue weighted by Crippen LogP contribution is 2.19. The van der Waals surface area contributed by atoms with Crippen LogP contribution in [0.15, 0.2) is 37.1 Å². The summed E-state index contributed by atoms with van der Waals surface area (Å²) >= 11 is 8.44. The van der Waals surface area contributed by atoms with Crippen molar-refractivity contribution in [2.75, 3.05) is 0 Å². The Morgan fingerprint density at radius 1 is 1.27 bits per heavy atom. The summed E-state index contributed by atoms with van der Waals surface area (Å²) in [7, 11) is 0. The van der Waals surface area contributed by atoms with Gasteiger partial charge in [0.2, 0.25) is 0 Å². The predicted molar refractivity (Wildman–Crippen MR) is 69.0 cm³/mol. The topological polar surface area (TPSA) is 25.2 Å². The largest absolute Gasteiger partial charge is 0.453 e. The van der Waals surface area contributed by atoms with Crippen LogP contribution >= 0.6 is 43.2 Å². The second-order valence-electron chi connectivity index (χ2n) is 3.04. The molecule has 0 aliphatic heterocycles. The molecule has 0 amide bonds. The third kappa shape index (κ3) is 3.45. The quantitative estimate of drug-likeness (QED) is 0.895. The Morgan fingerprint density at radius 3 is 2.73 bits per heavy atom. The monoisotopic (exact) mass is 349 g/mol. The number of thiophene rings is 1. The summed E-state index contributed by atoms with van der Waals surface area (Å²) in [6.45, 7) is 1.62. The van der Waals surface area contributed by atoms with E-state index in [1.165, 1.54) is 4.88 Å². The molecule has 2 aromatic rings. The zero-order valence-corrected chi connectivity index (χ0v) is 11.8. The van der Waals surface area contributed by atoms with Gasteiger partial charge < -0.3 is 9.73 Å². The fourth-order valence-electron chi connectivity index (χ4n) is 1.20. The Bertz CT molecular complexity index is 398. The summed E-state index contributed by atoms with van der Waals surface area (Å²) in [6, 6.07) is 5.98. The lowest BCUT2D eigenvalue weighted by atomic mass is 10.4. The van der Waals surface area contributed by atoms with Crippen molar-refractivity contribution in [2.24, 2.45) is 0 Å². The Hall–Kier alpha value is -0.100. The molecule has 0 spiro atoms. The van der Waals surface area contributed by atoms with Gasteiger partial charge in [0.15, 0.2) is 4.67 Å². The van der Waals surface area contributed by atoms with Gasteiger partial charge >= 0.3 is 0 Å². The Labute approximate surface area is 109 Å². The van der Waals surface area contributed by atoms with Crippen LogP contribution in [0.4, 0.5) is 0 Å². The highest BCUT2D eigenvalue weighted by molar-refractivity contribution is 9.10. The normalized spacial score (nSPS) is 10.8. The van der Waals surface area contributed by atoms with Crippen LogP contribution in [0.3, 0.4) is 0 Å². The first-order valence-corrected chi connectivity index (χ1v) is 6.88. The van der Waals surface area contributed by atoms with E-state index in [-0.39, 0.29) is 0 Å². The van der Waals surface area contributed by atoms with Crippen LogP contribution < -0.4 is 5.32 Å². The third-order valence-corrected chi connectivity index (χ3v) is 3.97. The van der Waals surface area contributed by atoms with Crippen molar-refractivity contribution in [1.29, 1.82) is 0 Å². The minimum absolute atomic E-state index is 0.751. The first-order valence-electron chi connectivity index (χ1n) is 4.42. The van der Waals surface area contributed by atoms with E-state index in [0.717, 1.165) is 28.0 Å². The van der Waals surface area contributed by atoms with E-state index >= 15 is 0 Å². The maximum absolute atomic E-state index is 5.37. The summed E-state index contributed by atoms with van der Waals surface area (Å²) in [6.07, 6.45) is 0. The molecule has 0 radical (unpaired) electrons. The number of halogens is 2. The van der Waals surface area contributed by atoms with Gasteiger partial charge in [0.1, 0.15) is 5.76 Å². The van der Waals surface area contributed by atoms with Crippen LogP contribution in [0.25, 0.3) is 0 Å². The number of furan rings is 1. The van der Waals surface area contributed by atoms with E-state index in [0.29, 0.717) is 0 Å². The minimum Gasteiger partial charge on any atom is -0.453 e. The molecule has 2 heterocycles. The third-order valence-electron chi connectivity index (χ3n) is 1.85. The Morgan fingerprint density at radius 2 is 2.13 bits per heavy atom. The van der Waals surface area contributed by atoms with E-state index in [1.807, 2.05) is 12.1 Å². The van der Waals surface area contributed by atoms with Crippen LogP contribution in [0.1, 0.15) is 10.6 Å². The molecule has 15 heavy (non-hydrogen) atoms. The van der Waals surface area contributed by atoms with Gasteiger partial charge in [-0.3, -0.25) is 0 Å². The summed E-state index contributed by atoms with van der Waals surface area (Å²) in [4.78, 5) is 1.31. The molecule has 0 aromatic carbocycles. The van der Waals surface area contributed by atoms with Gasteiger partial charge in [-0.25, -0.2) is 0 Å². The van der Waals surface area contributed by atoms with Crippen LogP contribution in [-0.2, 0) is 13.1 Å². The maximum atomic E-state index is 5.37. The van der Waals surface area contributed by atoms with Crippen molar-refractivity contribution in [3.8, 4) is 0 Å². The highest BCUT2D eigenvalue weighted by Gasteiger charge is 2.00. The Balaban J connectivity index is 1.80. The van der Waals surface area contributed by atoms with E-state index < -0.39 is 0 Å². The molecule has 0 saturated heterocycles. The summed E-state index contributed by atoms with van der Waals surface area (Å²) < 4.78 is 7.29. The zero-order valence-electron chi connectivity index (χ0n) is 7.80. The molecule has 1 N–H and O–H groups in total. The van der Waals surface area contributed by atoms with Crippen LogP contribution in [0, 0.1) is 0 Å². The van der Waals surface area contributed by atoms with Crippen molar-refractivity contribution in [1.82, 2.24) is 5.32 Å². The number of hydrogen-bond acceptors (Lipinski definition) is 3.